The molecule has 0 aromatic carbocycles. The largest absolute Gasteiger partial charge is 0.338 e. The van der Waals surface area contributed by atoms with Crippen molar-refractivity contribution in [1.29, 1.82) is 0 Å². The second kappa shape index (κ2) is 5.60. The fourth-order valence-electron chi connectivity index (χ4n) is 2.31. The molecule has 96 valence electrons. The first-order valence-electron chi connectivity index (χ1n) is 6.48. The molecule has 0 aliphatic carbocycles. The molecule has 2 N–H and O–H groups in total. The molecule has 5 nitrogen and oxygen atoms in total. The van der Waals surface area contributed by atoms with Gasteiger partial charge in [0.1, 0.15) is 0 Å². The lowest BCUT2D eigenvalue weighted by Crippen LogP contribution is -2.29. The summed E-state index contributed by atoms with van der Waals surface area (Å²) in [5.41, 5.74) is 5.92. The molecule has 5 heteroatoms. The van der Waals surface area contributed by atoms with E-state index >= 15 is 0 Å². The SMILES string of the molecule is CCCc1noc(CN2CCC(C(C)N)C2)n1. The van der Waals surface area contributed by atoms with Crippen molar-refractivity contribution in [2.45, 2.75) is 45.7 Å². The van der Waals surface area contributed by atoms with E-state index in [-0.39, 0.29) is 6.04 Å². The normalized spacial score (nSPS) is 23.1. The van der Waals surface area contributed by atoms with Crippen molar-refractivity contribution in [2.24, 2.45) is 11.7 Å². The minimum absolute atomic E-state index is 0.276. The Kier molecular flexibility index (Phi) is 4.12. The standard InChI is InChI=1S/C12H22N4O/c1-3-4-11-14-12(17-15-11)8-16-6-5-10(7-16)9(2)13/h9-10H,3-8,13H2,1-2H3. The number of hydrogen-bond acceptors (Lipinski definition) is 5. The highest BCUT2D eigenvalue weighted by Crippen LogP contribution is 2.20. The smallest absolute Gasteiger partial charge is 0.240 e. The molecule has 0 spiro atoms. The topological polar surface area (TPSA) is 68.2 Å². The third kappa shape index (κ3) is 3.26. The number of aromatic nitrogens is 2. The lowest BCUT2D eigenvalue weighted by atomic mass is 10.0. The van der Waals surface area contributed by atoms with Crippen LogP contribution in [0.3, 0.4) is 0 Å². The zero-order valence-electron chi connectivity index (χ0n) is 10.7. The van der Waals surface area contributed by atoms with Crippen molar-refractivity contribution in [3.8, 4) is 0 Å². The molecule has 0 saturated carbocycles. The Morgan fingerprint density at radius 2 is 2.41 bits per heavy atom. The maximum absolute atomic E-state index is 5.92. The fraction of sp³-hybridized carbons (Fsp3) is 0.833. The van der Waals surface area contributed by atoms with Crippen LogP contribution >= 0.6 is 0 Å². The number of rotatable bonds is 5. The van der Waals surface area contributed by atoms with Gasteiger partial charge in [-0.1, -0.05) is 12.1 Å². The molecule has 2 unspecified atom stereocenters. The van der Waals surface area contributed by atoms with Gasteiger partial charge in [0.15, 0.2) is 5.82 Å². The van der Waals surface area contributed by atoms with Crippen molar-refractivity contribution in [3.05, 3.63) is 11.7 Å². The molecule has 1 saturated heterocycles. The van der Waals surface area contributed by atoms with Crippen LogP contribution in [0.5, 0.6) is 0 Å². The van der Waals surface area contributed by atoms with E-state index < -0.39 is 0 Å². The summed E-state index contributed by atoms with van der Waals surface area (Å²) in [6, 6.07) is 0.276. The fourth-order valence-corrected chi connectivity index (χ4v) is 2.31. The summed E-state index contributed by atoms with van der Waals surface area (Å²) in [5, 5.41) is 3.96. The lowest BCUT2D eigenvalue weighted by molar-refractivity contribution is 0.256. The molecule has 1 aliphatic rings. The third-order valence-corrected chi connectivity index (χ3v) is 3.40. The monoisotopic (exact) mass is 238 g/mol. The van der Waals surface area contributed by atoms with Crippen LogP contribution in [0, 0.1) is 5.92 Å². The van der Waals surface area contributed by atoms with Gasteiger partial charge < -0.3 is 10.3 Å². The van der Waals surface area contributed by atoms with Gasteiger partial charge in [0, 0.05) is 19.0 Å². The van der Waals surface area contributed by atoms with Crippen LogP contribution in [-0.2, 0) is 13.0 Å². The second-order valence-electron chi connectivity index (χ2n) is 5.00. The summed E-state index contributed by atoms with van der Waals surface area (Å²) >= 11 is 0. The van der Waals surface area contributed by atoms with E-state index in [0.717, 1.165) is 44.2 Å². The van der Waals surface area contributed by atoms with Gasteiger partial charge in [-0.15, -0.1) is 0 Å². The molecule has 2 rings (SSSR count). The van der Waals surface area contributed by atoms with E-state index in [4.69, 9.17) is 10.3 Å². The molecule has 0 amide bonds. The Morgan fingerprint density at radius 3 is 3.06 bits per heavy atom. The van der Waals surface area contributed by atoms with Gasteiger partial charge in [-0.05, 0) is 32.2 Å². The molecule has 1 fully saturated rings. The molecular formula is C12H22N4O. The van der Waals surface area contributed by atoms with Gasteiger partial charge in [-0.25, -0.2) is 0 Å². The van der Waals surface area contributed by atoms with Crippen LogP contribution < -0.4 is 5.73 Å². The minimum atomic E-state index is 0.276. The summed E-state index contributed by atoms with van der Waals surface area (Å²) in [4.78, 5) is 6.73. The number of aryl methyl sites for hydroxylation is 1. The van der Waals surface area contributed by atoms with Gasteiger partial charge in [-0.2, -0.15) is 4.98 Å². The van der Waals surface area contributed by atoms with Crippen LogP contribution in [-0.4, -0.2) is 34.2 Å². The van der Waals surface area contributed by atoms with Crippen LogP contribution in [0.25, 0.3) is 0 Å². The van der Waals surface area contributed by atoms with Crippen LogP contribution in [0.1, 0.15) is 38.4 Å². The first-order chi connectivity index (χ1) is 8.19. The van der Waals surface area contributed by atoms with Gasteiger partial charge in [0.2, 0.25) is 5.89 Å². The van der Waals surface area contributed by atoms with Crippen molar-refractivity contribution >= 4 is 0 Å². The van der Waals surface area contributed by atoms with Crippen molar-refractivity contribution in [2.75, 3.05) is 13.1 Å². The minimum Gasteiger partial charge on any atom is -0.338 e. The predicted octanol–water partition coefficient (Wildman–Crippen LogP) is 1.19. The number of nitrogens with zero attached hydrogens (tertiary/aromatic N) is 3. The van der Waals surface area contributed by atoms with Crippen molar-refractivity contribution < 1.29 is 4.52 Å². The quantitative estimate of drug-likeness (QED) is 0.834. The van der Waals surface area contributed by atoms with Gasteiger partial charge >= 0.3 is 0 Å². The van der Waals surface area contributed by atoms with Crippen LogP contribution in [0.2, 0.25) is 0 Å². The molecule has 1 aromatic rings. The highest BCUT2D eigenvalue weighted by atomic mass is 16.5. The average molecular weight is 238 g/mol. The van der Waals surface area contributed by atoms with Crippen molar-refractivity contribution in [3.63, 3.8) is 0 Å². The van der Waals surface area contributed by atoms with E-state index in [9.17, 15) is 0 Å². The van der Waals surface area contributed by atoms with E-state index in [0.29, 0.717) is 5.92 Å². The summed E-state index contributed by atoms with van der Waals surface area (Å²) in [5.74, 6) is 2.16. The Labute approximate surface area is 102 Å². The molecule has 1 aliphatic heterocycles. The molecule has 0 radical (unpaired) electrons. The molecule has 1 aromatic heterocycles. The van der Waals surface area contributed by atoms with Crippen LogP contribution in [0.4, 0.5) is 0 Å². The molecule has 2 atom stereocenters. The number of likely N-dealkylation sites (tertiary alicyclic amines) is 1. The van der Waals surface area contributed by atoms with E-state index in [2.05, 4.69) is 28.9 Å². The highest BCUT2D eigenvalue weighted by molar-refractivity contribution is 4.89. The molecule has 17 heavy (non-hydrogen) atoms. The molecule has 0 bridgehead atoms. The van der Waals surface area contributed by atoms with Gasteiger partial charge in [0.25, 0.3) is 0 Å². The van der Waals surface area contributed by atoms with Crippen molar-refractivity contribution in [1.82, 2.24) is 15.0 Å². The Morgan fingerprint density at radius 1 is 1.59 bits per heavy atom. The maximum atomic E-state index is 5.92. The number of nitrogens with two attached hydrogens (primary N) is 1. The molecular weight excluding hydrogens is 216 g/mol. The first kappa shape index (κ1) is 12.5. The summed E-state index contributed by atoms with van der Waals surface area (Å²) in [7, 11) is 0. The summed E-state index contributed by atoms with van der Waals surface area (Å²) < 4.78 is 5.24. The van der Waals surface area contributed by atoms with Gasteiger partial charge in [-0.3, -0.25) is 4.90 Å². The number of hydrogen-bond donors (Lipinski definition) is 1. The molecule has 2 heterocycles. The predicted molar refractivity (Wildman–Crippen MR) is 65.3 cm³/mol. The van der Waals surface area contributed by atoms with Gasteiger partial charge in [0.05, 0.1) is 6.54 Å². The third-order valence-electron chi connectivity index (χ3n) is 3.40. The van der Waals surface area contributed by atoms with E-state index in [1.165, 1.54) is 6.42 Å². The first-order valence-corrected chi connectivity index (χ1v) is 6.48. The van der Waals surface area contributed by atoms with E-state index in [1.807, 2.05) is 0 Å². The Bertz CT molecular complexity index is 350. The average Bonchev–Trinajstić information content (AvgIpc) is 2.89. The summed E-state index contributed by atoms with van der Waals surface area (Å²) in [6.07, 6.45) is 3.12. The summed E-state index contributed by atoms with van der Waals surface area (Å²) in [6.45, 7) is 7.09. The maximum Gasteiger partial charge on any atom is 0.240 e. The zero-order chi connectivity index (χ0) is 12.3. The van der Waals surface area contributed by atoms with E-state index in [1.54, 1.807) is 0 Å². The zero-order valence-corrected chi connectivity index (χ0v) is 10.7. The second-order valence-corrected chi connectivity index (χ2v) is 5.00. The Hall–Kier alpha value is -0.940. The lowest BCUT2D eigenvalue weighted by Gasteiger charge is -2.15. The Balaban J connectivity index is 1.84. The highest BCUT2D eigenvalue weighted by Gasteiger charge is 2.26. The van der Waals surface area contributed by atoms with Crippen LogP contribution in [0.15, 0.2) is 4.52 Å².